The average molecular weight is 524 g/mol. The number of carbonyl (C=O) groups excluding carboxylic acids is 1. The molecule has 13 heteroatoms. The number of aliphatic hydroxyl groups is 1. The van der Waals surface area contributed by atoms with Crippen LogP contribution in [0.2, 0.25) is 10.0 Å². The molecule has 2 rings (SSSR count). The summed E-state index contributed by atoms with van der Waals surface area (Å²) in [5.41, 5.74) is 3.34. The van der Waals surface area contributed by atoms with Crippen LogP contribution in [0.5, 0.6) is 5.75 Å². The van der Waals surface area contributed by atoms with Crippen molar-refractivity contribution in [3.8, 4) is 11.9 Å². The molecule has 11 nitrogen and oxygen atoms in total. The van der Waals surface area contributed by atoms with E-state index in [4.69, 9.17) is 28.5 Å². The Hall–Kier alpha value is -3.56. The number of aliphatic carboxylic acids is 1. The molecule has 1 amide bonds. The lowest BCUT2D eigenvalue weighted by Crippen LogP contribution is -2.50. The van der Waals surface area contributed by atoms with E-state index >= 15 is 0 Å². The SMILES string of the molecule is CON/C(=N/C#N)NC[C@H](NC(=O)c1c(Cl)cc(CCC(O)c2cccc(O)c2)cc1Cl)C(=O)O. The van der Waals surface area contributed by atoms with Crippen LogP contribution >= 0.6 is 23.2 Å². The zero-order valence-corrected chi connectivity index (χ0v) is 20.0. The van der Waals surface area contributed by atoms with Crippen molar-refractivity contribution in [2.45, 2.75) is 25.0 Å². The van der Waals surface area contributed by atoms with Crippen LogP contribution in [-0.4, -0.2) is 52.9 Å². The van der Waals surface area contributed by atoms with Crippen molar-refractivity contribution in [3.63, 3.8) is 0 Å². The number of phenolic OH excluding ortho intramolecular Hbond substituents is 1. The van der Waals surface area contributed by atoms with Crippen LogP contribution < -0.4 is 16.1 Å². The Morgan fingerprint density at radius 1 is 1.23 bits per heavy atom. The zero-order valence-electron chi connectivity index (χ0n) is 18.5. The minimum absolute atomic E-state index is 0.00160. The molecule has 0 bridgehead atoms. The number of nitrogens with one attached hydrogen (secondary N) is 3. The van der Waals surface area contributed by atoms with Gasteiger partial charge in [-0.3, -0.25) is 9.63 Å². The van der Waals surface area contributed by atoms with Crippen LogP contribution in [0.25, 0.3) is 0 Å². The predicted octanol–water partition coefficient (Wildman–Crippen LogP) is 2.13. The number of carboxylic acid groups (broad SMARTS) is 1. The second-order valence-corrected chi connectivity index (χ2v) is 8.01. The molecular formula is C22H23Cl2N5O6. The third-order valence-corrected chi connectivity index (χ3v) is 5.32. The molecule has 2 aromatic carbocycles. The van der Waals surface area contributed by atoms with E-state index < -0.39 is 24.0 Å². The highest BCUT2D eigenvalue weighted by Crippen LogP contribution is 2.29. The van der Waals surface area contributed by atoms with Gasteiger partial charge in [0.05, 0.1) is 28.8 Å². The fourth-order valence-corrected chi connectivity index (χ4v) is 3.77. The Bertz CT molecular complexity index is 1110. The Morgan fingerprint density at radius 2 is 1.91 bits per heavy atom. The molecule has 2 atom stereocenters. The largest absolute Gasteiger partial charge is 0.508 e. The summed E-state index contributed by atoms with van der Waals surface area (Å²) in [5.74, 6) is -2.28. The summed E-state index contributed by atoms with van der Waals surface area (Å²) in [4.78, 5) is 32.3. The highest BCUT2D eigenvalue weighted by Gasteiger charge is 2.24. The molecule has 0 radical (unpaired) electrons. The van der Waals surface area contributed by atoms with Gasteiger partial charge in [0, 0.05) is 6.54 Å². The number of carboxylic acids is 1. The molecule has 0 spiro atoms. The number of amides is 1. The first kappa shape index (κ1) is 27.7. The van der Waals surface area contributed by atoms with Crippen LogP contribution in [0, 0.1) is 11.5 Å². The van der Waals surface area contributed by atoms with Gasteiger partial charge in [0.1, 0.15) is 11.8 Å². The molecule has 0 heterocycles. The summed E-state index contributed by atoms with van der Waals surface area (Å²) in [6, 6.07) is 7.87. The number of aryl methyl sites for hydroxylation is 1. The summed E-state index contributed by atoms with van der Waals surface area (Å²) in [6.07, 6.45) is 1.34. The van der Waals surface area contributed by atoms with Gasteiger partial charge in [-0.05, 0) is 48.2 Å². The second kappa shape index (κ2) is 13.4. The van der Waals surface area contributed by atoms with Gasteiger partial charge < -0.3 is 26.0 Å². The predicted molar refractivity (Wildman–Crippen MR) is 128 cm³/mol. The van der Waals surface area contributed by atoms with Gasteiger partial charge in [-0.1, -0.05) is 35.3 Å². The maximum Gasteiger partial charge on any atom is 0.328 e. The van der Waals surface area contributed by atoms with Gasteiger partial charge in [-0.2, -0.15) is 5.26 Å². The van der Waals surface area contributed by atoms with Crippen LogP contribution in [0.15, 0.2) is 41.4 Å². The number of phenols is 1. The first-order chi connectivity index (χ1) is 16.7. The van der Waals surface area contributed by atoms with Gasteiger partial charge in [-0.15, -0.1) is 4.99 Å². The van der Waals surface area contributed by atoms with Gasteiger partial charge in [-0.25, -0.2) is 10.3 Å². The molecule has 0 aromatic heterocycles. The van der Waals surface area contributed by atoms with Crippen molar-refractivity contribution in [2.75, 3.05) is 13.7 Å². The van der Waals surface area contributed by atoms with Crippen molar-refractivity contribution >= 4 is 41.0 Å². The number of hydroxylamine groups is 1. The number of carbonyl (C=O) groups is 2. The number of aromatic hydroxyl groups is 1. The highest BCUT2D eigenvalue weighted by molar-refractivity contribution is 6.39. The van der Waals surface area contributed by atoms with E-state index in [1.165, 1.54) is 37.6 Å². The Kier molecular flexibility index (Phi) is 10.6. The third-order valence-electron chi connectivity index (χ3n) is 4.73. The van der Waals surface area contributed by atoms with Crippen LogP contribution in [-0.2, 0) is 16.1 Å². The molecule has 2 aromatic rings. The molecule has 0 saturated carbocycles. The number of hydrogen-bond acceptors (Lipinski definition) is 7. The number of rotatable bonds is 10. The van der Waals surface area contributed by atoms with Gasteiger partial charge in [0.25, 0.3) is 5.91 Å². The van der Waals surface area contributed by atoms with Crippen LogP contribution in [0.1, 0.15) is 34.0 Å². The summed E-state index contributed by atoms with van der Waals surface area (Å²) in [7, 11) is 1.27. The van der Waals surface area contributed by atoms with Crippen LogP contribution in [0.4, 0.5) is 0 Å². The van der Waals surface area contributed by atoms with E-state index in [1.807, 2.05) is 0 Å². The van der Waals surface area contributed by atoms with E-state index in [1.54, 1.807) is 12.1 Å². The first-order valence-corrected chi connectivity index (χ1v) is 10.9. The fourth-order valence-electron chi connectivity index (χ4n) is 3.06. The molecule has 0 aliphatic rings. The van der Waals surface area contributed by atoms with Gasteiger partial charge in [0.2, 0.25) is 12.2 Å². The zero-order chi connectivity index (χ0) is 26.0. The lowest BCUT2D eigenvalue weighted by atomic mass is 10.00. The van der Waals surface area contributed by atoms with Gasteiger partial charge >= 0.3 is 5.97 Å². The molecular weight excluding hydrogens is 501 g/mol. The van der Waals surface area contributed by atoms with Crippen molar-refractivity contribution in [1.82, 2.24) is 16.1 Å². The molecule has 1 unspecified atom stereocenters. The Balaban J connectivity index is 2.08. The number of halogens is 2. The third kappa shape index (κ3) is 8.31. The maximum atomic E-state index is 12.7. The van der Waals surface area contributed by atoms with Crippen molar-refractivity contribution in [2.24, 2.45) is 4.99 Å². The summed E-state index contributed by atoms with van der Waals surface area (Å²) >= 11 is 12.5. The highest BCUT2D eigenvalue weighted by atomic mass is 35.5. The van der Waals surface area contributed by atoms with E-state index in [9.17, 15) is 24.9 Å². The Morgan fingerprint density at radius 3 is 2.49 bits per heavy atom. The molecule has 0 fully saturated rings. The van der Waals surface area contributed by atoms with E-state index in [-0.39, 0.29) is 33.9 Å². The second-order valence-electron chi connectivity index (χ2n) is 7.20. The number of nitrogens with zero attached hydrogens (tertiary/aromatic N) is 2. The monoisotopic (exact) mass is 523 g/mol. The standard InChI is InChI=1S/C22H23Cl2N5O6/c1-35-29-22(27-11-25)26-10-17(21(33)34)28-20(32)19-15(23)7-12(8-16(19)24)5-6-18(31)13-3-2-4-14(30)9-13/h2-4,7-9,17-18,30-31H,5-6,10H2,1H3,(H,28,32)(H,33,34)(H2,26,27,29)/t17-,18?/m0/s1. The molecule has 186 valence electrons. The molecule has 0 aliphatic heterocycles. The first-order valence-electron chi connectivity index (χ1n) is 10.1. The Labute approximate surface area is 210 Å². The molecule has 0 aliphatic carbocycles. The minimum atomic E-state index is -1.42. The maximum absolute atomic E-state index is 12.7. The normalized spacial score (nSPS) is 12.8. The lowest BCUT2D eigenvalue weighted by molar-refractivity contribution is -0.139. The molecule has 0 saturated heterocycles. The van der Waals surface area contributed by atoms with E-state index in [0.717, 1.165) is 0 Å². The smallest absolute Gasteiger partial charge is 0.328 e. The molecule has 6 N–H and O–H groups in total. The topological polar surface area (TPSA) is 176 Å². The number of aliphatic hydroxyl groups excluding tert-OH is 1. The number of guanidine groups is 1. The van der Waals surface area contributed by atoms with E-state index in [2.05, 4.69) is 25.9 Å². The molecule has 35 heavy (non-hydrogen) atoms. The minimum Gasteiger partial charge on any atom is -0.508 e. The number of hydrogen-bond donors (Lipinski definition) is 6. The number of nitriles is 1. The number of aliphatic imine (C=N–C) groups is 1. The van der Waals surface area contributed by atoms with Crippen molar-refractivity contribution in [1.29, 1.82) is 5.26 Å². The summed E-state index contributed by atoms with van der Waals surface area (Å²) < 4.78 is 0. The number of benzene rings is 2. The fraction of sp³-hybridized carbons (Fsp3) is 0.273. The summed E-state index contributed by atoms with van der Waals surface area (Å²) in [6.45, 7) is -0.335. The van der Waals surface area contributed by atoms with E-state index in [0.29, 0.717) is 24.0 Å². The van der Waals surface area contributed by atoms with Crippen molar-refractivity contribution in [3.05, 3.63) is 63.1 Å². The summed E-state index contributed by atoms with van der Waals surface area (Å²) in [5, 5.41) is 42.8. The van der Waals surface area contributed by atoms with Crippen LogP contribution in [0.3, 0.4) is 0 Å². The van der Waals surface area contributed by atoms with Crippen molar-refractivity contribution < 1.29 is 29.7 Å². The lowest BCUT2D eigenvalue weighted by Gasteiger charge is -2.18. The average Bonchev–Trinajstić information content (AvgIpc) is 2.79. The van der Waals surface area contributed by atoms with Gasteiger partial charge in [0.15, 0.2) is 0 Å². The quantitative estimate of drug-likeness (QED) is 0.118.